The summed E-state index contributed by atoms with van der Waals surface area (Å²) in [5.74, 6) is 2.52. The zero-order valence-electron chi connectivity index (χ0n) is 26.5. The van der Waals surface area contributed by atoms with Crippen molar-refractivity contribution in [3.8, 4) is 23.0 Å². The number of ether oxygens (including phenoxy) is 5. The van der Waals surface area contributed by atoms with Gasteiger partial charge in [-0.1, -0.05) is 46.3 Å². The number of amides is 1. The van der Waals surface area contributed by atoms with Crippen molar-refractivity contribution in [2.24, 2.45) is 4.99 Å². The quantitative estimate of drug-likeness (QED) is 0.109. The van der Waals surface area contributed by atoms with Gasteiger partial charge in [-0.2, -0.15) is 0 Å². The van der Waals surface area contributed by atoms with Crippen molar-refractivity contribution in [2.75, 3.05) is 34.5 Å². The fourth-order valence-corrected chi connectivity index (χ4v) is 5.59. The Morgan fingerprint density at radius 1 is 0.915 bits per heavy atom. The van der Waals surface area contributed by atoms with Gasteiger partial charge in [0.05, 0.1) is 27.9 Å². The molecule has 0 saturated carbocycles. The molecule has 1 aliphatic rings. The first-order valence-electron chi connectivity index (χ1n) is 15.1. The molecular weight excluding hydrogens is 666 g/mol. The summed E-state index contributed by atoms with van der Waals surface area (Å²) in [4.78, 5) is 19.6. The molecular formula is C36H38BrN3O7. The number of methoxy groups -OCH3 is 3. The number of hydrogen-bond acceptors (Lipinski definition) is 9. The van der Waals surface area contributed by atoms with Gasteiger partial charge >= 0.3 is 0 Å². The van der Waals surface area contributed by atoms with E-state index in [0.29, 0.717) is 47.5 Å². The molecule has 11 heteroatoms. The largest absolute Gasteiger partial charge is 0.497 e. The molecule has 10 nitrogen and oxygen atoms in total. The Labute approximate surface area is 282 Å². The van der Waals surface area contributed by atoms with Crippen molar-refractivity contribution < 1.29 is 33.6 Å². The minimum atomic E-state index is -1.41. The van der Waals surface area contributed by atoms with Gasteiger partial charge in [0.2, 0.25) is 5.90 Å². The van der Waals surface area contributed by atoms with Gasteiger partial charge in [-0.25, -0.2) is 10.4 Å². The number of hydrazine groups is 1. The van der Waals surface area contributed by atoms with Gasteiger partial charge in [-0.15, -0.1) is 0 Å². The predicted molar refractivity (Wildman–Crippen MR) is 182 cm³/mol. The van der Waals surface area contributed by atoms with Crippen molar-refractivity contribution in [3.05, 3.63) is 118 Å². The molecule has 0 aromatic heterocycles. The molecule has 1 aliphatic heterocycles. The van der Waals surface area contributed by atoms with E-state index in [1.807, 2.05) is 84.9 Å². The van der Waals surface area contributed by atoms with Crippen molar-refractivity contribution in [1.29, 1.82) is 0 Å². The molecule has 0 bridgehead atoms. The van der Waals surface area contributed by atoms with Gasteiger partial charge in [0.25, 0.3) is 5.91 Å². The van der Waals surface area contributed by atoms with E-state index in [2.05, 4.69) is 26.8 Å². The Balaban J connectivity index is 1.52. The topological polar surface area (TPSA) is 120 Å². The molecule has 0 fully saturated rings. The third-order valence-electron chi connectivity index (χ3n) is 7.79. The number of aliphatic hydroxyl groups excluding tert-OH is 1. The molecule has 1 heterocycles. The number of carbonyl (C=O) groups excluding carboxylic acids is 1. The van der Waals surface area contributed by atoms with Crippen LogP contribution in [0.3, 0.4) is 0 Å². The Kier molecular flexibility index (Phi) is 11.4. The zero-order chi connectivity index (χ0) is 33.2. The van der Waals surface area contributed by atoms with E-state index >= 15 is 0 Å². The fraction of sp³-hybridized carbons (Fsp3) is 0.278. The molecule has 5 rings (SSSR count). The Hall–Kier alpha value is -4.58. The lowest BCUT2D eigenvalue weighted by Gasteiger charge is -2.31. The summed E-state index contributed by atoms with van der Waals surface area (Å²) in [6.45, 7) is 0.739. The van der Waals surface area contributed by atoms with Gasteiger partial charge in [0, 0.05) is 47.7 Å². The van der Waals surface area contributed by atoms with E-state index in [9.17, 15) is 4.79 Å². The normalized spacial score (nSPS) is 17.0. The molecule has 2 atom stereocenters. The maximum Gasteiger partial charge on any atom is 0.266 e. The highest BCUT2D eigenvalue weighted by molar-refractivity contribution is 9.10. The SMILES string of the molecule is COc1cccc([C@@H]2OC(c3ccc(OCCCO)cc3)=N[C@]2(Cc2ccc(Br)cc2)C(=O)NNCc2ccc(OC)cc2OC)c1. The van der Waals surface area contributed by atoms with Gasteiger partial charge in [0.1, 0.15) is 23.0 Å². The number of aliphatic imine (C=N–C) groups is 1. The molecule has 246 valence electrons. The second kappa shape index (κ2) is 15.8. The summed E-state index contributed by atoms with van der Waals surface area (Å²) in [6, 6.07) is 28.1. The van der Waals surface area contributed by atoms with Crippen LogP contribution in [0.1, 0.15) is 34.8 Å². The summed E-state index contributed by atoms with van der Waals surface area (Å²) in [7, 11) is 4.78. The Morgan fingerprint density at radius 3 is 2.34 bits per heavy atom. The molecule has 0 unspecified atom stereocenters. The molecule has 0 saturated heterocycles. The number of hydrogen-bond donors (Lipinski definition) is 3. The second-order valence-electron chi connectivity index (χ2n) is 10.9. The van der Waals surface area contributed by atoms with Crippen LogP contribution in [0.15, 0.2) is 100 Å². The fourth-order valence-electron chi connectivity index (χ4n) is 5.33. The summed E-state index contributed by atoms with van der Waals surface area (Å²) < 4.78 is 29.6. The van der Waals surface area contributed by atoms with Gasteiger partial charge in [-0.3, -0.25) is 10.2 Å². The lowest BCUT2D eigenvalue weighted by molar-refractivity contribution is -0.130. The summed E-state index contributed by atoms with van der Waals surface area (Å²) in [5.41, 5.74) is 7.73. The zero-order valence-corrected chi connectivity index (χ0v) is 28.1. The highest BCUT2D eigenvalue weighted by atomic mass is 79.9. The standard InChI is InChI=1S/C36H38BrN3O7/c1-43-30-7-4-6-26(20-30)33-36(22-24-8-13-28(37)14-9-24,35(42)40-38-23-27-12-17-31(44-2)21-32(27)45-3)39-34(47-33)25-10-15-29(16-11-25)46-19-5-18-41/h4,6-17,20-21,33,38,41H,5,18-19,22-23H2,1-3H3,(H,40,42)/t33-,36-/m0/s1. The Morgan fingerprint density at radius 2 is 1.64 bits per heavy atom. The number of benzene rings is 4. The van der Waals surface area contributed by atoms with Crippen LogP contribution in [0.4, 0.5) is 0 Å². The van der Waals surface area contributed by atoms with Crippen LogP contribution in [-0.2, 0) is 22.5 Å². The molecule has 0 radical (unpaired) electrons. The maximum atomic E-state index is 14.5. The van der Waals surface area contributed by atoms with Crippen LogP contribution in [0.5, 0.6) is 23.0 Å². The molecule has 4 aromatic carbocycles. The van der Waals surface area contributed by atoms with Gasteiger partial charge in [-0.05, 0) is 65.7 Å². The summed E-state index contributed by atoms with van der Waals surface area (Å²) in [6.07, 6.45) is -0.0193. The third kappa shape index (κ3) is 8.05. The van der Waals surface area contributed by atoms with Crippen LogP contribution in [0.25, 0.3) is 0 Å². The monoisotopic (exact) mass is 703 g/mol. The van der Waals surface area contributed by atoms with E-state index in [0.717, 1.165) is 21.2 Å². The Bertz CT molecular complexity index is 1680. The number of rotatable bonds is 15. The highest BCUT2D eigenvalue weighted by Crippen LogP contribution is 2.43. The molecule has 4 aromatic rings. The van der Waals surface area contributed by atoms with Crippen LogP contribution >= 0.6 is 15.9 Å². The number of halogens is 1. The van der Waals surface area contributed by atoms with E-state index in [-0.39, 0.29) is 25.5 Å². The first-order chi connectivity index (χ1) is 22.9. The van der Waals surface area contributed by atoms with Crippen LogP contribution in [0.2, 0.25) is 0 Å². The maximum absolute atomic E-state index is 14.5. The minimum absolute atomic E-state index is 0.0550. The van der Waals surface area contributed by atoms with Crippen LogP contribution in [-0.4, -0.2) is 57.0 Å². The van der Waals surface area contributed by atoms with Crippen molar-refractivity contribution in [2.45, 2.75) is 31.0 Å². The first-order valence-corrected chi connectivity index (χ1v) is 15.9. The number of aliphatic hydroxyl groups is 1. The third-order valence-corrected chi connectivity index (χ3v) is 8.32. The van der Waals surface area contributed by atoms with Crippen LogP contribution < -0.4 is 29.8 Å². The number of carbonyl (C=O) groups is 1. The second-order valence-corrected chi connectivity index (χ2v) is 11.8. The number of nitrogens with zero attached hydrogens (tertiary/aromatic N) is 1. The van der Waals surface area contributed by atoms with Crippen molar-refractivity contribution >= 4 is 27.7 Å². The minimum Gasteiger partial charge on any atom is -0.497 e. The number of nitrogens with one attached hydrogen (secondary N) is 2. The highest BCUT2D eigenvalue weighted by Gasteiger charge is 2.53. The molecule has 47 heavy (non-hydrogen) atoms. The van der Waals surface area contributed by atoms with Gasteiger partial charge in [0.15, 0.2) is 11.6 Å². The predicted octanol–water partition coefficient (Wildman–Crippen LogP) is 5.56. The molecule has 1 amide bonds. The van der Waals surface area contributed by atoms with Gasteiger partial charge < -0.3 is 28.8 Å². The van der Waals surface area contributed by atoms with E-state index in [1.54, 1.807) is 27.4 Å². The first kappa shape index (κ1) is 33.8. The van der Waals surface area contributed by atoms with E-state index < -0.39 is 11.6 Å². The smallest absolute Gasteiger partial charge is 0.266 e. The van der Waals surface area contributed by atoms with Crippen LogP contribution in [0, 0.1) is 0 Å². The van der Waals surface area contributed by atoms with E-state index in [1.165, 1.54) is 0 Å². The molecule has 0 aliphatic carbocycles. The van der Waals surface area contributed by atoms with Crippen molar-refractivity contribution in [1.82, 2.24) is 10.9 Å². The average molecular weight is 705 g/mol. The summed E-state index contributed by atoms with van der Waals surface area (Å²) in [5, 5.41) is 9.08. The molecule has 3 N–H and O–H groups in total. The lowest BCUT2D eigenvalue weighted by atomic mass is 9.82. The molecule has 0 spiro atoms. The average Bonchev–Trinajstić information content (AvgIpc) is 3.50. The van der Waals surface area contributed by atoms with Crippen molar-refractivity contribution in [3.63, 3.8) is 0 Å². The van der Waals surface area contributed by atoms with E-state index in [4.69, 9.17) is 33.8 Å². The lowest BCUT2D eigenvalue weighted by Crippen LogP contribution is -2.53. The summed E-state index contributed by atoms with van der Waals surface area (Å²) >= 11 is 3.51.